The average molecular weight is 311 g/mol. The summed E-state index contributed by atoms with van der Waals surface area (Å²) in [6, 6.07) is 14.4. The van der Waals surface area contributed by atoms with Crippen molar-refractivity contribution in [1.29, 1.82) is 0 Å². The summed E-state index contributed by atoms with van der Waals surface area (Å²) in [4.78, 5) is 12.3. The number of nitrogens with one attached hydrogen (secondary N) is 1. The molecule has 2 aromatic rings. The Kier molecular flexibility index (Phi) is 5.80. The van der Waals surface area contributed by atoms with Gasteiger partial charge in [0.2, 0.25) is 0 Å². The van der Waals surface area contributed by atoms with E-state index in [1.807, 2.05) is 38.1 Å². The van der Waals surface area contributed by atoms with Gasteiger partial charge in [0, 0.05) is 17.3 Å². The highest BCUT2D eigenvalue weighted by Gasteiger charge is 2.08. The van der Waals surface area contributed by atoms with Crippen molar-refractivity contribution in [3.05, 3.63) is 66.2 Å². The Morgan fingerprint density at radius 1 is 1.09 bits per heavy atom. The first kappa shape index (κ1) is 16.6. The van der Waals surface area contributed by atoms with Crippen LogP contribution in [0.3, 0.4) is 0 Å². The highest BCUT2D eigenvalue weighted by atomic mass is 16.5. The molecule has 0 spiro atoms. The lowest BCUT2D eigenvalue weighted by Crippen LogP contribution is -2.12. The first-order chi connectivity index (χ1) is 11.1. The van der Waals surface area contributed by atoms with E-state index in [0.29, 0.717) is 36.0 Å². The fourth-order valence-electron chi connectivity index (χ4n) is 1.97. The molecule has 4 nitrogen and oxygen atoms in total. The molecular formula is C19H21NO3. The van der Waals surface area contributed by atoms with Crippen molar-refractivity contribution in [3.8, 4) is 11.5 Å². The molecule has 0 heterocycles. The zero-order valence-electron chi connectivity index (χ0n) is 13.5. The summed E-state index contributed by atoms with van der Waals surface area (Å²) in [5, 5.41) is 2.86. The van der Waals surface area contributed by atoms with Crippen molar-refractivity contribution < 1.29 is 14.3 Å². The summed E-state index contributed by atoms with van der Waals surface area (Å²) >= 11 is 0. The molecule has 23 heavy (non-hydrogen) atoms. The van der Waals surface area contributed by atoms with Crippen molar-refractivity contribution >= 4 is 11.6 Å². The van der Waals surface area contributed by atoms with Crippen LogP contribution >= 0.6 is 0 Å². The Morgan fingerprint density at radius 3 is 2.48 bits per heavy atom. The van der Waals surface area contributed by atoms with Crippen LogP contribution in [0.25, 0.3) is 0 Å². The topological polar surface area (TPSA) is 47.6 Å². The molecule has 1 N–H and O–H groups in total. The summed E-state index contributed by atoms with van der Waals surface area (Å²) in [7, 11) is 0. The second kappa shape index (κ2) is 8.03. The predicted octanol–water partition coefficient (Wildman–Crippen LogP) is 4.29. The van der Waals surface area contributed by atoms with Crippen LogP contribution < -0.4 is 14.8 Å². The molecule has 0 aromatic heterocycles. The van der Waals surface area contributed by atoms with Gasteiger partial charge in [0.15, 0.2) is 0 Å². The lowest BCUT2D eigenvalue weighted by atomic mass is 10.2. The first-order valence-corrected chi connectivity index (χ1v) is 7.50. The van der Waals surface area contributed by atoms with E-state index in [2.05, 4.69) is 11.9 Å². The summed E-state index contributed by atoms with van der Waals surface area (Å²) < 4.78 is 11.0. The minimum absolute atomic E-state index is 0.191. The highest BCUT2D eigenvalue weighted by molar-refractivity contribution is 6.04. The molecule has 0 atom stereocenters. The molecule has 0 saturated carbocycles. The summed E-state index contributed by atoms with van der Waals surface area (Å²) in [6.45, 7) is 8.62. The lowest BCUT2D eigenvalue weighted by molar-refractivity contribution is 0.102. The van der Waals surface area contributed by atoms with Crippen LogP contribution in [0.5, 0.6) is 11.5 Å². The molecule has 0 radical (unpaired) electrons. The fourth-order valence-corrected chi connectivity index (χ4v) is 1.97. The van der Waals surface area contributed by atoms with Crippen LogP contribution in [-0.2, 0) is 0 Å². The predicted molar refractivity (Wildman–Crippen MR) is 92.3 cm³/mol. The van der Waals surface area contributed by atoms with Crippen molar-refractivity contribution in [2.45, 2.75) is 13.8 Å². The number of benzene rings is 2. The van der Waals surface area contributed by atoms with E-state index >= 15 is 0 Å². The first-order valence-electron chi connectivity index (χ1n) is 7.50. The third-order valence-electron chi connectivity index (χ3n) is 2.98. The van der Waals surface area contributed by atoms with E-state index in [9.17, 15) is 4.79 Å². The Morgan fingerprint density at radius 2 is 1.78 bits per heavy atom. The van der Waals surface area contributed by atoms with Crippen LogP contribution in [0, 0.1) is 0 Å². The molecule has 0 fully saturated rings. The summed E-state index contributed by atoms with van der Waals surface area (Å²) in [5.74, 6) is 1.18. The number of hydrogen-bond acceptors (Lipinski definition) is 3. The van der Waals surface area contributed by atoms with Gasteiger partial charge in [-0.3, -0.25) is 4.79 Å². The monoisotopic (exact) mass is 311 g/mol. The van der Waals surface area contributed by atoms with Gasteiger partial charge in [-0.2, -0.15) is 0 Å². The minimum atomic E-state index is -0.191. The number of amides is 1. The van der Waals surface area contributed by atoms with E-state index in [-0.39, 0.29) is 5.91 Å². The fraction of sp³-hybridized carbons (Fsp3) is 0.211. The van der Waals surface area contributed by atoms with Gasteiger partial charge in [-0.05, 0) is 49.8 Å². The SMILES string of the molecule is C=C(C)COc1cccc(NC(=O)c2cccc(OCC)c2)c1. The third-order valence-corrected chi connectivity index (χ3v) is 2.98. The highest BCUT2D eigenvalue weighted by Crippen LogP contribution is 2.20. The van der Waals surface area contributed by atoms with Crippen molar-refractivity contribution in [3.63, 3.8) is 0 Å². The summed E-state index contributed by atoms with van der Waals surface area (Å²) in [5.41, 5.74) is 2.16. The van der Waals surface area contributed by atoms with Crippen LogP contribution in [0.15, 0.2) is 60.7 Å². The third kappa shape index (κ3) is 5.18. The Bertz CT molecular complexity index is 695. The molecule has 2 aromatic carbocycles. The van der Waals surface area contributed by atoms with E-state index in [1.165, 1.54) is 0 Å². The Labute approximate surface area is 136 Å². The molecule has 0 aliphatic rings. The maximum Gasteiger partial charge on any atom is 0.255 e. The van der Waals surface area contributed by atoms with Crippen molar-refractivity contribution in [2.75, 3.05) is 18.5 Å². The zero-order valence-corrected chi connectivity index (χ0v) is 13.5. The molecule has 1 amide bonds. The van der Waals surface area contributed by atoms with Crippen molar-refractivity contribution in [1.82, 2.24) is 0 Å². The zero-order chi connectivity index (χ0) is 16.7. The number of rotatable bonds is 7. The number of anilines is 1. The molecule has 0 aliphatic carbocycles. The van der Waals surface area contributed by atoms with Crippen LogP contribution in [0.4, 0.5) is 5.69 Å². The maximum atomic E-state index is 12.3. The van der Waals surface area contributed by atoms with Gasteiger partial charge in [-0.15, -0.1) is 0 Å². The van der Waals surface area contributed by atoms with Gasteiger partial charge in [0.1, 0.15) is 18.1 Å². The Hall–Kier alpha value is -2.75. The quantitative estimate of drug-likeness (QED) is 0.776. The lowest BCUT2D eigenvalue weighted by Gasteiger charge is -2.10. The Balaban J connectivity index is 2.06. The van der Waals surface area contributed by atoms with Gasteiger partial charge < -0.3 is 14.8 Å². The van der Waals surface area contributed by atoms with Gasteiger partial charge in [0.25, 0.3) is 5.91 Å². The van der Waals surface area contributed by atoms with Crippen molar-refractivity contribution in [2.24, 2.45) is 0 Å². The number of carbonyl (C=O) groups is 1. The number of ether oxygens (including phenoxy) is 2. The minimum Gasteiger partial charge on any atom is -0.494 e. The number of hydrogen-bond donors (Lipinski definition) is 1. The molecule has 0 aliphatic heterocycles. The smallest absolute Gasteiger partial charge is 0.255 e. The largest absolute Gasteiger partial charge is 0.494 e. The molecule has 0 bridgehead atoms. The molecule has 2 rings (SSSR count). The molecule has 4 heteroatoms. The van der Waals surface area contributed by atoms with E-state index < -0.39 is 0 Å². The second-order valence-electron chi connectivity index (χ2n) is 5.19. The molecular weight excluding hydrogens is 290 g/mol. The van der Waals surface area contributed by atoms with E-state index in [1.54, 1.807) is 24.3 Å². The van der Waals surface area contributed by atoms with Gasteiger partial charge in [-0.25, -0.2) is 0 Å². The standard InChI is InChI=1S/C19H21NO3/c1-4-22-17-9-5-7-15(11-17)19(21)20-16-8-6-10-18(12-16)23-13-14(2)3/h5-12H,2,4,13H2,1,3H3,(H,20,21). The average Bonchev–Trinajstić information content (AvgIpc) is 2.54. The normalized spacial score (nSPS) is 10.0. The van der Waals surface area contributed by atoms with Crippen LogP contribution in [-0.4, -0.2) is 19.1 Å². The van der Waals surface area contributed by atoms with Crippen LogP contribution in [0.1, 0.15) is 24.2 Å². The van der Waals surface area contributed by atoms with E-state index in [0.717, 1.165) is 5.57 Å². The van der Waals surface area contributed by atoms with E-state index in [4.69, 9.17) is 9.47 Å². The van der Waals surface area contributed by atoms with Gasteiger partial charge >= 0.3 is 0 Å². The van der Waals surface area contributed by atoms with Crippen LogP contribution in [0.2, 0.25) is 0 Å². The molecule has 120 valence electrons. The maximum absolute atomic E-state index is 12.3. The number of carbonyl (C=O) groups excluding carboxylic acids is 1. The van der Waals surface area contributed by atoms with Gasteiger partial charge in [-0.1, -0.05) is 18.7 Å². The van der Waals surface area contributed by atoms with Gasteiger partial charge in [0.05, 0.1) is 6.61 Å². The molecule has 0 saturated heterocycles. The molecule has 0 unspecified atom stereocenters. The summed E-state index contributed by atoms with van der Waals surface area (Å²) in [6.07, 6.45) is 0. The second-order valence-corrected chi connectivity index (χ2v) is 5.19.